The Morgan fingerprint density at radius 3 is 2.48 bits per heavy atom. The van der Waals surface area contributed by atoms with Gasteiger partial charge in [0.15, 0.2) is 0 Å². The van der Waals surface area contributed by atoms with Gasteiger partial charge in [0, 0.05) is 13.6 Å². The molecule has 0 bridgehead atoms. The van der Waals surface area contributed by atoms with Crippen LogP contribution >= 0.6 is 0 Å². The van der Waals surface area contributed by atoms with Crippen LogP contribution in [0.15, 0.2) is 53.4 Å². The van der Waals surface area contributed by atoms with Gasteiger partial charge in [-0.2, -0.15) is 0 Å². The molecule has 5 heteroatoms. The van der Waals surface area contributed by atoms with Crippen molar-refractivity contribution in [2.75, 3.05) is 23.2 Å². The molecular formula is C16H20N2O2S. The van der Waals surface area contributed by atoms with Gasteiger partial charge in [-0.05, 0) is 43.7 Å². The summed E-state index contributed by atoms with van der Waals surface area (Å²) in [6.07, 6.45) is 0. The second kappa shape index (κ2) is 6.18. The van der Waals surface area contributed by atoms with Gasteiger partial charge in [0.05, 0.1) is 11.4 Å². The van der Waals surface area contributed by atoms with Crippen LogP contribution in [-0.4, -0.2) is 22.0 Å². The van der Waals surface area contributed by atoms with Crippen molar-refractivity contribution >= 4 is 21.4 Å². The minimum Gasteiger partial charge on any atom is -0.384 e. The molecule has 0 aliphatic heterocycles. The van der Waals surface area contributed by atoms with Crippen molar-refractivity contribution in [2.24, 2.45) is 0 Å². The molecule has 0 fully saturated rings. The fourth-order valence-corrected chi connectivity index (χ4v) is 3.49. The maximum absolute atomic E-state index is 12.8. The van der Waals surface area contributed by atoms with Gasteiger partial charge in [-0.15, -0.1) is 0 Å². The smallest absolute Gasteiger partial charge is 0.266 e. The van der Waals surface area contributed by atoms with E-state index in [0.717, 1.165) is 5.56 Å². The SMILES string of the molecule is CCNc1ccccc1S(=O)(=O)N(C)c1cccc(C)c1. The Morgan fingerprint density at radius 1 is 1.10 bits per heavy atom. The van der Waals surface area contributed by atoms with Crippen LogP contribution in [0.1, 0.15) is 12.5 Å². The number of nitrogens with zero attached hydrogens (tertiary/aromatic N) is 1. The summed E-state index contributed by atoms with van der Waals surface area (Å²) in [5.74, 6) is 0. The molecule has 0 unspecified atom stereocenters. The summed E-state index contributed by atoms with van der Waals surface area (Å²) < 4.78 is 27.0. The van der Waals surface area contributed by atoms with E-state index in [4.69, 9.17) is 0 Å². The Morgan fingerprint density at radius 2 is 1.81 bits per heavy atom. The predicted octanol–water partition coefficient (Wildman–Crippen LogP) is 3.25. The summed E-state index contributed by atoms with van der Waals surface area (Å²) in [5.41, 5.74) is 2.30. The van der Waals surface area contributed by atoms with Crippen molar-refractivity contribution in [1.29, 1.82) is 0 Å². The van der Waals surface area contributed by atoms with Gasteiger partial charge >= 0.3 is 0 Å². The summed E-state index contributed by atoms with van der Waals surface area (Å²) in [6, 6.07) is 14.4. The van der Waals surface area contributed by atoms with Crippen molar-refractivity contribution in [3.05, 3.63) is 54.1 Å². The Bertz CT molecular complexity index is 727. The standard InChI is InChI=1S/C16H20N2O2S/c1-4-17-15-10-5-6-11-16(15)21(19,20)18(3)14-9-7-8-13(2)12-14/h5-12,17H,4H2,1-3H3. The summed E-state index contributed by atoms with van der Waals surface area (Å²) >= 11 is 0. The van der Waals surface area contributed by atoms with Gasteiger partial charge in [-0.3, -0.25) is 4.31 Å². The lowest BCUT2D eigenvalue weighted by atomic mass is 10.2. The van der Waals surface area contributed by atoms with Crippen molar-refractivity contribution < 1.29 is 8.42 Å². The van der Waals surface area contributed by atoms with E-state index < -0.39 is 10.0 Å². The number of aryl methyl sites for hydroxylation is 1. The fraction of sp³-hybridized carbons (Fsp3) is 0.250. The molecule has 2 aromatic carbocycles. The lowest BCUT2D eigenvalue weighted by Gasteiger charge is -2.21. The molecule has 2 aromatic rings. The fourth-order valence-electron chi connectivity index (χ4n) is 2.14. The molecule has 0 aliphatic rings. The number of nitrogens with one attached hydrogen (secondary N) is 1. The highest BCUT2D eigenvalue weighted by Crippen LogP contribution is 2.27. The molecule has 0 radical (unpaired) electrons. The van der Waals surface area contributed by atoms with Crippen molar-refractivity contribution in [3.8, 4) is 0 Å². The van der Waals surface area contributed by atoms with E-state index in [1.165, 1.54) is 4.31 Å². The number of sulfonamides is 1. The molecule has 1 N–H and O–H groups in total. The molecular weight excluding hydrogens is 284 g/mol. The van der Waals surface area contributed by atoms with E-state index in [9.17, 15) is 8.42 Å². The van der Waals surface area contributed by atoms with Gasteiger partial charge in [0.1, 0.15) is 4.90 Å². The molecule has 0 saturated carbocycles. The third kappa shape index (κ3) is 3.19. The van der Waals surface area contributed by atoms with Gasteiger partial charge in [-0.25, -0.2) is 8.42 Å². The molecule has 21 heavy (non-hydrogen) atoms. The van der Waals surface area contributed by atoms with E-state index in [0.29, 0.717) is 17.9 Å². The van der Waals surface area contributed by atoms with Gasteiger partial charge < -0.3 is 5.32 Å². The van der Waals surface area contributed by atoms with Crippen LogP contribution in [0.5, 0.6) is 0 Å². The Balaban J connectivity index is 2.47. The third-order valence-electron chi connectivity index (χ3n) is 3.26. The Kier molecular flexibility index (Phi) is 4.53. The molecule has 0 amide bonds. The Labute approximate surface area is 126 Å². The van der Waals surface area contributed by atoms with Crippen molar-refractivity contribution in [2.45, 2.75) is 18.7 Å². The van der Waals surface area contributed by atoms with E-state index in [1.54, 1.807) is 31.3 Å². The minimum absolute atomic E-state index is 0.288. The van der Waals surface area contributed by atoms with Crippen LogP contribution in [0.3, 0.4) is 0 Å². The summed E-state index contributed by atoms with van der Waals surface area (Å²) in [4.78, 5) is 0.288. The van der Waals surface area contributed by atoms with E-state index in [2.05, 4.69) is 5.32 Å². The first kappa shape index (κ1) is 15.4. The molecule has 0 heterocycles. The van der Waals surface area contributed by atoms with E-state index in [-0.39, 0.29) is 4.90 Å². The average molecular weight is 304 g/mol. The quantitative estimate of drug-likeness (QED) is 0.922. The largest absolute Gasteiger partial charge is 0.384 e. The zero-order valence-corrected chi connectivity index (χ0v) is 13.3. The lowest BCUT2D eigenvalue weighted by Crippen LogP contribution is -2.27. The molecule has 0 saturated heterocycles. The molecule has 4 nitrogen and oxygen atoms in total. The monoisotopic (exact) mass is 304 g/mol. The van der Waals surface area contributed by atoms with Crippen LogP contribution in [0.4, 0.5) is 11.4 Å². The van der Waals surface area contributed by atoms with Crippen LogP contribution in [0, 0.1) is 6.92 Å². The van der Waals surface area contributed by atoms with Crippen LogP contribution in [-0.2, 0) is 10.0 Å². The molecule has 0 aliphatic carbocycles. The number of rotatable bonds is 5. The van der Waals surface area contributed by atoms with Crippen molar-refractivity contribution in [1.82, 2.24) is 0 Å². The second-order valence-corrected chi connectivity index (χ2v) is 6.78. The highest BCUT2D eigenvalue weighted by atomic mass is 32.2. The zero-order chi connectivity index (χ0) is 15.5. The van der Waals surface area contributed by atoms with Crippen molar-refractivity contribution in [3.63, 3.8) is 0 Å². The van der Waals surface area contributed by atoms with Crippen LogP contribution < -0.4 is 9.62 Å². The molecule has 2 rings (SSSR count). The van der Waals surface area contributed by atoms with E-state index >= 15 is 0 Å². The van der Waals surface area contributed by atoms with Crippen LogP contribution in [0.25, 0.3) is 0 Å². The molecule has 112 valence electrons. The second-order valence-electron chi connectivity index (χ2n) is 4.84. The first-order valence-corrected chi connectivity index (χ1v) is 8.29. The highest BCUT2D eigenvalue weighted by Gasteiger charge is 2.24. The average Bonchev–Trinajstić information content (AvgIpc) is 2.47. The predicted molar refractivity (Wildman–Crippen MR) is 87.4 cm³/mol. The first-order chi connectivity index (χ1) is 9.96. The number of anilines is 2. The summed E-state index contributed by atoms with van der Waals surface area (Å²) in [7, 11) is -2.01. The first-order valence-electron chi connectivity index (χ1n) is 6.85. The minimum atomic E-state index is -3.59. The third-order valence-corrected chi connectivity index (χ3v) is 5.10. The topological polar surface area (TPSA) is 49.4 Å². The Hall–Kier alpha value is -2.01. The maximum atomic E-state index is 12.8. The van der Waals surface area contributed by atoms with Gasteiger partial charge in [0.25, 0.3) is 10.0 Å². The highest BCUT2D eigenvalue weighted by molar-refractivity contribution is 7.93. The van der Waals surface area contributed by atoms with Crippen LogP contribution in [0.2, 0.25) is 0 Å². The molecule has 0 aromatic heterocycles. The number of hydrogen-bond donors (Lipinski definition) is 1. The zero-order valence-electron chi connectivity index (χ0n) is 12.5. The van der Waals surface area contributed by atoms with E-state index in [1.807, 2.05) is 38.1 Å². The number of benzene rings is 2. The summed E-state index contributed by atoms with van der Waals surface area (Å²) in [5, 5.41) is 3.09. The lowest BCUT2D eigenvalue weighted by molar-refractivity contribution is 0.594. The summed E-state index contributed by atoms with van der Waals surface area (Å²) in [6.45, 7) is 4.55. The number of hydrogen-bond acceptors (Lipinski definition) is 3. The number of para-hydroxylation sites is 1. The maximum Gasteiger partial charge on any atom is 0.266 e. The molecule has 0 atom stereocenters. The normalized spacial score (nSPS) is 11.2. The van der Waals surface area contributed by atoms with Gasteiger partial charge in [0.2, 0.25) is 0 Å². The van der Waals surface area contributed by atoms with Gasteiger partial charge in [-0.1, -0.05) is 24.3 Å². The molecule has 0 spiro atoms.